The van der Waals surface area contributed by atoms with E-state index in [1.54, 1.807) is 104 Å². The van der Waals surface area contributed by atoms with E-state index in [0.717, 1.165) is 24.6 Å². The van der Waals surface area contributed by atoms with Gasteiger partial charge in [-0.05, 0) is 206 Å². The third kappa shape index (κ3) is 21.1. The Labute approximate surface area is 850 Å². The smallest absolute Gasteiger partial charge is 0.356 e. The third-order valence-electron chi connectivity index (χ3n) is 20.9. The highest BCUT2D eigenvalue weighted by molar-refractivity contribution is 9.10. The van der Waals surface area contributed by atoms with E-state index in [0.29, 0.717) is 102 Å². The number of carbonyl (C=O) groups is 2. The molecule has 6 heterocycles. The predicted molar refractivity (Wildman–Crippen MR) is 545 cm³/mol. The van der Waals surface area contributed by atoms with Crippen molar-refractivity contribution in [3.63, 3.8) is 0 Å². The number of fused-ring (bicyclic) bond motifs is 5. The number of aromatic hydroxyl groups is 2. The fourth-order valence-electron chi connectivity index (χ4n) is 14.9. The summed E-state index contributed by atoms with van der Waals surface area (Å²) in [7, 11) is -18.2. The van der Waals surface area contributed by atoms with Crippen LogP contribution in [0, 0.1) is 11.6 Å². The molecule has 2 N–H and O–H groups in total. The van der Waals surface area contributed by atoms with E-state index < -0.39 is 84.3 Å². The summed E-state index contributed by atoms with van der Waals surface area (Å²) in [5.41, 5.74) is 5.98. The molecule has 19 rings (SSSR count). The number of hydrogen-bond acceptors (Lipinski definition) is 19. The quantitative estimate of drug-likeness (QED) is 0.0754. The lowest BCUT2D eigenvalue weighted by atomic mass is 10.1. The average molecular weight is 2250 g/mol. The molecule has 13 aromatic carbocycles. The van der Waals surface area contributed by atoms with Crippen LogP contribution in [0.25, 0.3) is 99.7 Å². The molecule has 0 amide bonds. The Balaban J connectivity index is 0.000000132. The van der Waals surface area contributed by atoms with Crippen LogP contribution in [0.1, 0.15) is 27.8 Å². The zero-order chi connectivity index (χ0) is 99.6. The average Bonchev–Trinajstić information content (AvgIpc) is 1.63. The van der Waals surface area contributed by atoms with Crippen LogP contribution in [0.15, 0.2) is 349 Å². The van der Waals surface area contributed by atoms with Gasteiger partial charge in [0.1, 0.15) is 37.6 Å². The second kappa shape index (κ2) is 41.7. The van der Waals surface area contributed by atoms with Crippen molar-refractivity contribution < 1.29 is 84.9 Å². The first-order valence-corrected chi connectivity index (χ1v) is 52.2. The molecule has 708 valence electrons. The lowest BCUT2D eigenvalue weighted by Crippen LogP contribution is -2.19. The molecule has 0 fully saturated rings. The molecule has 0 unspecified atom stereocenters. The molecule has 19 aromatic rings. The summed E-state index contributed by atoms with van der Waals surface area (Å²) in [6.07, 6.45) is 4.12. The van der Waals surface area contributed by atoms with E-state index in [4.69, 9.17) is 107 Å². The van der Waals surface area contributed by atoms with E-state index >= 15 is 0 Å². The third-order valence-corrected chi connectivity index (χ3v) is 32.4. The van der Waals surface area contributed by atoms with Gasteiger partial charge in [0.2, 0.25) is 0 Å². The van der Waals surface area contributed by atoms with Gasteiger partial charge in [0.25, 0.3) is 50.1 Å². The lowest BCUT2D eigenvalue weighted by molar-refractivity contribution is 0.0517. The van der Waals surface area contributed by atoms with Crippen LogP contribution >= 0.6 is 125 Å². The summed E-state index contributed by atoms with van der Waals surface area (Å²) in [5.74, 6) is -5.23. The number of esters is 2. The fourth-order valence-corrected chi connectivity index (χ4v) is 26.7. The normalized spacial score (nSPS) is 11.7. The number of methoxy groups -OCH3 is 2. The van der Waals surface area contributed by atoms with Crippen molar-refractivity contribution in [1.29, 1.82) is 0 Å². The minimum Gasteiger partial charge on any atom is -0.507 e. The van der Waals surface area contributed by atoms with Gasteiger partial charge in [-0.25, -0.2) is 80.3 Å². The zero-order valence-corrected chi connectivity index (χ0v) is 84.8. The summed E-state index contributed by atoms with van der Waals surface area (Å²) >= 11 is 55.1. The maximum atomic E-state index is 13.8. The highest BCUT2D eigenvalue weighted by Gasteiger charge is 2.35. The maximum Gasteiger partial charge on any atom is 0.356 e. The van der Waals surface area contributed by atoms with E-state index in [1.165, 1.54) is 142 Å². The molecule has 0 bridgehead atoms. The fraction of sp³-hybridized carbons (Fsp3) is 0.0408. The van der Waals surface area contributed by atoms with Crippen LogP contribution in [0.4, 0.5) is 8.78 Å². The molecule has 0 aliphatic carbocycles. The highest BCUT2D eigenvalue weighted by Crippen LogP contribution is 2.44. The molecule has 41 heteroatoms. The molecule has 139 heavy (non-hydrogen) atoms. The van der Waals surface area contributed by atoms with Gasteiger partial charge in [-0.2, -0.15) is 0 Å². The van der Waals surface area contributed by atoms with Gasteiger partial charge < -0.3 is 24.4 Å². The minimum absolute atomic E-state index is 0.0278. The first kappa shape index (κ1) is 101. The van der Waals surface area contributed by atoms with Crippen LogP contribution in [0.2, 0.25) is 40.2 Å². The van der Waals surface area contributed by atoms with Crippen molar-refractivity contribution >= 4 is 241 Å². The summed E-state index contributed by atoms with van der Waals surface area (Å²) in [6, 6.07) is 78.4. The molecule has 0 aliphatic heterocycles. The number of hydrogen-bond donors (Lipinski definition) is 2. The second-order valence-electron chi connectivity index (χ2n) is 29.8. The topological polar surface area (TPSA) is 323 Å². The number of ether oxygens (including phenoxy) is 3. The van der Waals surface area contributed by atoms with Crippen LogP contribution in [0.5, 0.6) is 17.2 Å². The predicted octanol–water partition coefficient (Wildman–Crippen LogP) is 26.3. The van der Waals surface area contributed by atoms with Gasteiger partial charge in [-0.1, -0.05) is 234 Å². The Morgan fingerprint density at radius 1 is 0.381 bits per heavy atom. The molecular weight excluding hydrogens is 2190 g/mol. The minimum atomic E-state index is -4.61. The first-order valence-electron chi connectivity index (χ1n) is 40.4. The van der Waals surface area contributed by atoms with Gasteiger partial charge in [0, 0.05) is 89.5 Å². The summed E-state index contributed by atoms with van der Waals surface area (Å²) in [4.78, 5) is 31.2. The Morgan fingerprint density at radius 3 is 1.28 bits per heavy atom. The lowest BCUT2D eigenvalue weighted by Gasteiger charge is -2.16. The monoisotopic (exact) mass is 2250 g/mol. The molecule has 0 atom stereocenters. The van der Waals surface area contributed by atoms with Crippen LogP contribution in [-0.4, -0.2) is 115 Å². The van der Waals surface area contributed by atoms with Crippen molar-refractivity contribution in [2.45, 2.75) is 31.4 Å². The van der Waals surface area contributed by atoms with Gasteiger partial charge in [-0.15, -0.1) is 0 Å². The second-order valence-corrected chi connectivity index (χ2v) is 43.9. The number of halogens is 12. The van der Waals surface area contributed by atoms with Gasteiger partial charge in [0.15, 0.2) is 17.3 Å². The SMILES string of the molecule is CCOC(=O)c1cc2cc(Cl)ccc2n1S(=O)(=O)c1cc(Cl)cc(Cl)c1.COC(=O)c1ccc2cc(-c3ccccc3)n(S(=O)(=O)c3cc(Cl)cc(Br)c3)c2c1.COc1c(Cl)cc(Br)cc1S(=O)(=O)n1c(-c2ccccc2)cc2cc(Cl)ccc21.O=S(=O)(c1cc(F)cc(F)c1O)n1c(-c2cnccn2)cc2cc(Cl)ccc21.O=S(=O)(c1ccccc1O)n1c(-c2ccccc2)cc2cc(Cl)ccc21. The van der Waals surface area contributed by atoms with Crippen LogP contribution in [-0.2, 0) is 59.6 Å². The standard InChI is InChI=1S/C22H15BrClNO4S.C21H14BrCl2NO3S.C20H14ClNO3S.C18H10ClF2N3O3S.C17H12Cl3NO4S/c1-29-22(26)16-8-7-15-9-20(14-5-3-2-4-6-14)25(21(15)10-16)30(27,28)19-12-17(23)11-18(24)13-19;1-28-21-17(24)11-15(22)12-20(21)29(26,27)25-18-8-7-16(23)9-14(18)10-19(25)13-5-3-2-4-6-13;21-16-10-11-17-15(12-16)13-18(14-6-2-1-3-7-14)22(17)26(24,25)20-9-5-4-8-19(20)23;19-11-1-2-15-10(5-11)6-16(14-9-22-3-4-23-14)24(15)28(26,27)17-8-12(20)7-13(21)18(17)25;1-2-25-17(22)16-6-10-5-11(18)3-4-15(10)21(16)26(23,24)14-8-12(19)7-13(20)9-14/h2-13H,1H3;2-12H,1H3;1-13,23H;1-9,25H;3-9H,2H2,1H3. The van der Waals surface area contributed by atoms with E-state index in [1.807, 2.05) is 91.0 Å². The molecule has 0 aliphatic rings. The number of nitrogens with zero attached hydrogens (tertiary/aromatic N) is 7. The maximum absolute atomic E-state index is 13.8. The van der Waals surface area contributed by atoms with E-state index in [9.17, 15) is 70.7 Å². The molecule has 0 saturated heterocycles. The Morgan fingerprint density at radius 2 is 0.806 bits per heavy atom. The number of para-hydroxylation sites is 1. The Bertz CT molecular complexity index is 8680. The number of phenolic OH excluding ortho intramolecular Hbond substituents is 2. The summed E-state index contributed by atoms with van der Waals surface area (Å²) in [5, 5.41) is 25.7. The number of carbonyl (C=O) groups excluding carboxylic acids is 2. The summed E-state index contributed by atoms with van der Waals surface area (Å²) < 4.78 is 184. The number of rotatable bonds is 18. The van der Waals surface area contributed by atoms with Crippen LogP contribution in [0.3, 0.4) is 0 Å². The van der Waals surface area contributed by atoms with E-state index in [2.05, 4.69) is 41.8 Å². The van der Waals surface area contributed by atoms with Gasteiger partial charge >= 0.3 is 11.9 Å². The van der Waals surface area contributed by atoms with Crippen molar-refractivity contribution in [3.8, 4) is 62.4 Å². The number of phenols is 2. The largest absolute Gasteiger partial charge is 0.507 e. The molecular formula is C98H65Br2Cl8F2N7O17S5. The van der Waals surface area contributed by atoms with Crippen LogP contribution < -0.4 is 4.74 Å². The van der Waals surface area contributed by atoms with Crippen molar-refractivity contribution in [2.75, 3.05) is 20.8 Å². The Hall–Kier alpha value is -12.1. The van der Waals surface area contributed by atoms with Gasteiger partial charge in [-0.3, -0.25) is 9.97 Å². The molecule has 0 spiro atoms. The molecule has 24 nitrogen and oxygen atoms in total. The van der Waals surface area contributed by atoms with Gasteiger partial charge in [0.05, 0.1) is 97.8 Å². The number of benzene rings is 13. The van der Waals surface area contributed by atoms with Crippen molar-refractivity contribution in [3.05, 3.63) is 388 Å². The van der Waals surface area contributed by atoms with E-state index in [-0.39, 0.29) is 91.5 Å². The zero-order valence-electron chi connectivity index (χ0n) is 71.5. The Kier molecular flexibility index (Phi) is 30.4. The first-order chi connectivity index (χ1) is 66.1. The van der Waals surface area contributed by atoms with Crippen molar-refractivity contribution in [1.82, 2.24) is 29.8 Å². The summed E-state index contributed by atoms with van der Waals surface area (Å²) in [6.45, 7) is 1.73. The number of aromatic nitrogens is 7. The highest BCUT2D eigenvalue weighted by atomic mass is 79.9. The molecule has 0 radical (unpaired) electrons. The molecule has 6 aromatic heterocycles. The molecule has 0 saturated carbocycles. The van der Waals surface area contributed by atoms with Crippen molar-refractivity contribution in [2.24, 2.45) is 0 Å².